The Labute approximate surface area is 107 Å². The number of rotatable bonds is 3. The van der Waals surface area contributed by atoms with E-state index in [4.69, 9.17) is 0 Å². The van der Waals surface area contributed by atoms with Gasteiger partial charge < -0.3 is 0 Å². The summed E-state index contributed by atoms with van der Waals surface area (Å²) in [4.78, 5) is 3.90. The Bertz CT molecular complexity index is 548. The molecular formula is C13H10F3N3. The van der Waals surface area contributed by atoms with Crippen LogP contribution < -0.4 is 5.43 Å². The van der Waals surface area contributed by atoms with E-state index in [1.807, 2.05) is 6.07 Å². The molecule has 0 spiro atoms. The lowest BCUT2D eigenvalue weighted by molar-refractivity contribution is -0.137. The molecule has 2 rings (SSSR count). The first-order chi connectivity index (χ1) is 9.05. The highest BCUT2D eigenvalue weighted by Crippen LogP contribution is 2.29. The monoisotopic (exact) mass is 265 g/mol. The number of nitrogens with one attached hydrogen (secondary N) is 1. The van der Waals surface area contributed by atoms with E-state index in [1.165, 1.54) is 18.3 Å². The van der Waals surface area contributed by atoms with Crippen LogP contribution in [0.4, 0.5) is 18.9 Å². The maximum atomic E-state index is 12.3. The minimum Gasteiger partial charge on any atom is -0.279 e. The molecule has 98 valence electrons. The van der Waals surface area contributed by atoms with Crippen LogP contribution in [0.5, 0.6) is 0 Å². The second kappa shape index (κ2) is 5.51. The lowest BCUT2D eigenvalue weighted by Crippen LogP contribution is -2.04. The second-order valence-electron chi connectivity index (χ2n) is 3.73. The SMILES string of the molecule is FC(F)(F)c1ccc(NN=Cc2cccnc2)cc1. The number of anilines is 1. The summed E-state index contributed by atoms with van der Waals surface area (Å²) in [5, 5.41) is 3.91. The van der Waals surface area contributed by atoms with E-state index in [1.54, 1.807) is 18.5 Å². The summed E-state index contributed by atoms with van der Waals surface area (Å²) in [6, 6.07) is 8.22. The molecule has 3 nitrogen and oxygen atoms in total. The van der Waals surface area contributed by atoms with Gasteiger partial charge in [0, 0.05) is 18.0 Å². The number of hydrogen-bond donors (Lipinski definition) is 1. The average Bonchev–Trinajstić information content (AvgIpc) is 2.39. The average molecular weight is 265 g/mol. The summed E-state index contributed by atoms with van der Waals surface area (Å²) >= 11 is 0. The molecule has 6 heteroatoms. The Morgan fingerprint density at radius 3 is 2.42 bits per heavy atom. The van der Waals surface area contributed by atoms with Gasteiger partial charge in [-0.3, -0.25) is 10.4 Å². The summed E-state index contributed by atoms with van der Waals surface area (Å²) in [5.74, 6) is 0. The first kappa shape index (κ1) is 13.1. The molecule has 0 saturated heterocycles. The molecule has 0 atom stereocenters. The Balaban J connectivity index is 1.99. The summed E-state index contributed by atoms with van der Waals surface area (Å²) in [6.45, 7) is 0. The van der Waals surface area contributed by atoms with Crippen molar-refractivity contribution in [2.24, 2.45) is 5.10 Å². The lowest BCUT2D eigenvalue weighted by atomic mass is 10.2. The first-order valence-electron chi connectivity index (χ1n) is 5.42. The van der Waals surface area contributed by atoms with E-state index in [0.717, 1.165) is 17.7 Å². The highest BCUT2D eigenvalue weighted by Gasteiger charge is 2.29. The summed E-state index contributed by atoms with van der Waals surface area (Å²) in [5.41, 5.74) is 3.23. The van der Waals surface area contributed by atoms with E-state index in [2.05, 4.69) is 15.5 Å². The number of alkyl halides is 3. The van der Waals surface area contributed by atoms with Crippen molar-refractivity contribution in [3.63, 3.8) is 0 Å². The van der Waals surface area contributed by atoms with Gasteiger partial charge in [0.15, 0.2) is 0 Å². The zero-order chi connectivity index (χ0) is 13.7. The maximum Gasteiger partial charge on any atom is 0.416 e. The normalized spacial score (nSPS) is 11.7. The number of pyridine rings is 1. The van der Waals surface area contributed by atoms with Gasteiger partial charge in [-0.15, -0.1) is 0 Å². The van der Waals surface area contributed by atoms with E-state index >= 15 is 0 Å². The molecule has 0 unspecified atom stereocenters. The molecule has 0 amide bonds. The third-order valence-electron chi connectivity index (χ3n) is 2.30. The van der Waals surface area contributed by atoms with Crippen LogP contribution in [0.2, 0.25) is 0 Å². The van der Waals surface area contributed by atoms with E-state index in [9.17, 15) is 13.2 Å². The van der Waals surface area contributed by atoms with Crippen LogP contribution >= 0.6 is 0 Å². The van der Waals surface area contributed by atoms with Crippen molar-refractivity contribution in [3.8, 4) is 0 Å². The van der Waals surface area contributed by atoms with E-state index < -0.39 is 11.7 Å². The number of hydrazone groups is 1. The van der Waals surface area contributed by atoms with Crippen LogP contribution in [0.25, 0.3) is 0 Å². The molecular weight excluding hydrogens is 255 g/mol. The van der Waals surface area contributed by atoms with Crippen LogP contribution in [0.15, 0.2) is 53.9 Å². The maximum absolute atomic E-state index is 12.3. The summed E-state index contributed by atoms with van der Waals surface area (Å²) < 4.78 is 37.0. The van der Waals surface area contributed by atoms with Crippen LogP contribution in [0, 0.1) is 0 Å². The zero-order valence-electron chi connectivity index (χ0n) is 9.72. The fraction of sp³-hybridized carbons (Fsp3) is 0.0769. The topological polar surface area (TPSA) is 37.3 Å². The minimum atomic E-state index is -4.32. The van der Waals surface area contributed by atoms with Crippen molar-refractivity contribution < 1.29 is 13.2 Å². The summed E-state index contributed by atoms with van der Waals surface area (Å²) in [6.07, 6.45) is 0.473. The highest BCUT2D eigenvalue weighted by molar-refractivity contribution is 5.79. The Kier molecular flexibility index (Phi) is 3.79. The van der Waals surface area contributed by atoms with Crippen LogP contribution in [-0.4, -0.2) is 11.2 Å². The van der Waals surface area contributed by atoms with E-state index in [0.29, 0.717) is 5.69 Å². The van der Waals surface area contributed by atoms with E-state index in [-0.39, 0.29) is 0 Å². The number of nitrogens with zero attached hydrogens (tertiary/aromatic N) is 2. The van der Waals surface area contributed by atoms with Gasteiger partial charge in [0.25, 0.3) is 0 Å². The van der Waals surface area contributed by atoms with Gasteiger partial charge in [-0.25, -0.2) is 0 Å². The largest absolute Gasteiger partial charge is 0.416 e. The predicted octanol–water partition coefficient (Wildman–Crippen LogP) is 3.55. The highest BCUT2D eigenvalue weighted by atomic mass is 19.4. The fourth-order valence-corrected chi connectivity index (χ4v) is 1.37. The van der Waals surface area contributed by atoms with Crippen molar-refractivity contribution in [1.29, 1.82) is 0 Å². The zero-order valence-corrected chi connectivity index (χ0v) is 9.72. The number of hydrogen-bond acceptors (Lipinski definition) is 3. The Hall–Kier alpha value is -2.37. The van der Waals surface area contributed by atoms with Gasteiger partial charge in [-0.05, 0) is 30.3 Å². The number of aromatic nitrogens is 1. The van der Waals surface area contributed by atoms with Gasteiger partial charge in [-0.2, -0.15) is 18.3 Å². The molecule has 0 aliphatic heterocycles. The lowest BCUT2D eigenvalue weighted by Gasteiger charge is -2.06. The molecule has 0 fully saturated rings. The molecule has 1 heterocycles. The Morgan fingerprint density at radius 1 is 1.11 bits per heavy atom. The third-order valence-corrected chi connectivity index (χ3v) is 2.30. The molecule has 0 radical (unpaired) electrons. The number of halogens is 3. The molecule has 19 heavy (non-hydrogen) atoms. The smallest absolute Gasteiger partial charge is 0.279 e. The predicted molar refractivity (Wildman–Crippen MR) is 66.9 cm³/mol. The molecule has 0 bridgehead atoms. The Morgan fingerprint density at radius 2 is 1.84 bits per heavy atom. The van der Waals surface area contributed by atoms with Crippen LogP contribution in [0.1, 0.15) is 11.1 Å². The quantitative estimate of drug-likeness (QED) is 0.680. The molecule has 1 N–H and O–H groups in total. The standard InChI is InChI=1S/C13H10F3N3/c14-13(15,16)11-3-5-12(6-4-11)19-18-9-10-2-1-7-17-8-10/h1-9,19H. The molecule has 0 aliphatic rings. The molecule has 2 aromatic rings. The third kappa shape index (κ3) is 3.80. The van der Waals surface area contributed by atoms with Crippen molar-refractivity contribution in [2.45, 2.75) is 6.18 Å². The number of benzene rings is 1. The van der Waals surface area contributed by atoms with Gasteiger partial charge in [0.1, 0.15) is 0 Å². The van der Waals surface area contributed by atoms with Gasteiger partial charge in [-0.1, -0.05) is 6.07 Å². The molecule has 1 aromatic heterocycles. The summed E-state index contributed by atoms with van der Waals surface area (Å²) in [7, 11) is 0. The fourth-order valence-electron chi connectivity index (χ4n) is 1.37. The van der Waals surface area contributed by atoms with Crippen molar-refractivity contribution in [3.05, 3.63) is 59.9 Å². The van der Waals surface area contributed by atoms with Gasteiger partial charge in [0.05, 0.1) is 17.5 Å². The van der Waals surface area contributed by atoms with Crippen molar-refractivity contribution in [1.82, 2.24) is 4.98 Å². The van der Waals surface area contributed by atoms with Crippen LogP contribution in [0.3, 0.4) is 0 Å². The molecule has 0 saturated carbocycles. The van der Waals surface area contributed by atoms with Gasteiger partial charge in [0.2, 0.25) is 0 Å². The molecule has 0 aliphatic carbocycles. The molecule has 1 aromatic carbocycles. The first-order valence-corrected chi connectivity index (χ1v) is 5.42. The second-order valence-corrected chi connectivity index (χ2v) is 3.73. The van der Waals surface area contributed by atoms with Crippen LogP contribution in [-0.2, 0) is 6.18 Å². The van der Waals surface area contributed by atoms with Crippen molar-refractivity contribution in [2.75, 3.05) is 5.43 Å². The minimum absolute atomic E-state index is 0.480. The van der Waals surface area contributed by atoms with Crippen molar-refractivity contribution >= 4 is 11.9 Å². The van der Waals surface area contributed by atoms with Gasteiger partial charge >= 0.3 is 6.18 Å².